The molecule has 0 amide bonds. The first-order valence-corrected chi connectivity index (χ1v) is 17.9. The topological polar surface area (TPSA) is 220 Å². The Morgan fingerprint density at radius 1 is 0.727 bits per heavy atom. The highest BCUT2D eigenvalue weighted by Gasteiger charge is 2.32. The van der Waals surface area contributed by atoms with Crippen molar-refractivity contribution in [1.82, 2.24) is 0 Å². The van der Waals surface area contributed by atoms with Gasteiger partial charge in [-0.3, -0.25) is 18.7 Å². The summed E-state index contributed by atoms with van der Waals surface area (Å²) in [5.74, 6) is -2.84. The van der Waals surface area contributed by atoms with Gasteiger partial charge in [-0.25, -0.2) is 9.59 Å². The standard InChI is InChI=1S/2C14H25O7P/c1-5-22(18,19)7-6-12(16)20-9-14(4,8-15)10-21-13(17)11(2)3;1-5-22(19,7-6-12(16)17)21-10-14(4,8-15)9-20-13(18)11(2)3/h15H,2,5-10H2,1,3-4H3,(H,18,19);15H,2,5-10H2,1,3-4H3,(H,16,17). The van der Waals surface area contributed by atoms with Gasteiger partial charge >= 0.3 is 23.9 Å². The number of ether oxygens (including phenoxy) is 3. The van der Waals surface area contributed by atoms with Crippen LogP contribution in [-0.2, 0) is 47.0 Å². The lowest BCUT2D eigenvalue weighted by Crippen LogP contribution is -2.35. The average molecular weight is 673 g/mol. The molecule has 256 valence electrons. The fraction of sp³-hybridized carbons (Fsp3) is 0.714. The Kier molecular flexibility index (Phi) is 20.5. The number of carbonyl (C=O) groups is 4. The number of hydrogen-bond donors (Lipinski definition) is 4. The van der Waals surface area contributed by atoms with Gasteiger partial charge < -0.3 is 38.9 Å². The van der Waals surface area contributed by atoms with Crippen molar-refractivity contribution in [3.63, 3.8) is 0 Å². The van der Waals surface area contributed by atoms with Crippen LogP contribution in [0.2, 0.25) is 0 Å². The van der Waals surface area contributed by atoms with Crippen molar-refractivity contribution in [2.75, 3.05) is 64.3 Å². The van der Waals surface area contributed by atoms with Gasteiger partial charge in [-0.15, -0.1) is 0 Å². The van der Waals surface area contributed by atoms with E-state index in [1.807, 2.05) is 0 Å². The molecule has 16 heteroatoms. The van der Waals surface area contributed by atoms with E-state index in [9.17, 15) is 43.4 Å². The zero-order valence-corrected chi connectivity index (χ0v) is 28.5. The highest BCUT2D eigenvalue weighted by Crippen LogP contribution is 2.48. The molecule has 4 atom stereocenters. The highest BCUT2D eigenvalue weighted by molar-refractivity contribution is 7.59. The van der Waals surface area contributed by atoms with E-state index in [-0.39, 0.29) is 88.3 Å². The predicted octanol–water partition coefficient (Wildman–Crippen LogP) is 3.22. The SMILES string of the molecule is C=C(C)C(=O)OCC(C)(CO)COC(=O)CCP(=O)(O)CC.C=C(C)C(=O)OCC(C)(CO)COP(=O)(CC)CCC(=O)O. The maximum absolute atomic E-state index is 12.4. The van der Waals surface area contributed by atoms with E-state index >= 15 is 0 Å². The Hall–Kier alpha value is -2.34. The summed E-state index contributed by atoms with van der Waals surface area (Å²) >= 11 is 0. The molecule has 0 aromatic carbocycles. The maximum Gasteiger partial charge on any atom is 0.333 e. The van der Waals surface area contributed by atoms with Crippen molar-refractivity contribution in [2.45, 2.75) is 54.4 Å². The molecule has 0 aliphatic rings. The first-order valence-electron chi connectivity index (χ1n) is 13.9. The number of hydrogen-bond acceptors (Lipinski definition) is 12. The molecule has 0 saturated carbocycles. The van der Waals surface area contributed by atoms with Gasteiger partial charge in [0.25, 0.3) is 0 Å². The summed E-state index contributed by atoms with van der Waals surface area (Å²) in [5.41, 5.74) is -1.38. The third-order valence-corrected chi connectivity index (χ3v) is 10.5. The lowest BCUT2D eigenvalue weighted by Gasteiger charge is -2.28. The van der Waals surface area contributed by atoms with Gasteiger partial charge in [-0.2, -0.15) is 0 Å². The Morgan fingerprint density at radius 2 is 1.16 bits per heavy atom. The van der Waals surface area contributed by atoms with Crippen molar-refractivity contribution in [3.05, 3.63) is 24.3 Å². The molecule has 0 radical (unpaired) electrons. The number of aliphatic hydroxyl groups excluding tert-OH is 2. The van der Waals surface area contributed by atoms with E-state index in [0.29, 0.717) is 0 Å². The van der Waals surface area contributed by atoms with Gasteiger partial charge in [0.15, 0.2) is 0 Å². The predicted molar refractivity (Wildman–Crippen MR) is 164 cm³/mol. The third kappa shape index (κ3) is 19.8. The molecule has 4 N–H and O–H groups in total. The van der Waals surface area contributed by atoms with Gasteiger partial charge in [0, 0.05) is 41.2 Å². The van der Waals surface area contributed by atoms with Crippen LogP contribution in [0.25, 0.3) is 0 Å². The smallest absolute Gasteiger partial charge is 0.333 e. The molecule has 0 heterocycles. The summed E-state index contributed by atoms with van der Waals surface area (Å²) in [5, 5.41) is 27.5. The minimum absolute atomic E-state index is 0.0636. The Labute approximate surface area is 259 Å². The molecule has 0 fully saturated rings. The number of aliphatic hydroxyl groups is 2. The minimum Gasteiger partial charge on any atom is -0.481 e. The first kappa shape index (κ1) is 43.8. The van der Waals surface area contributed by atoms with E-state index in [1.54, 1.807) is 27.7 Å². The number of esters is 3. The van der Waals surface area contributed by atoms with E-state index < -0.39 is 49.4 Å². The fourth-order valence-electron chi connectivity index (χ4n) is 2.60. The van der Waals surface area contributed by atoms with Crippen molar-refractivity contribution in [2.24, 2.45) is 10.8 Å². The van der Waals surface area contributed by atoms with Gasteiger partial charge in [-0.05, 0) is 13.8 Å². The molecule has 0 aliphatic heterocycles. The second-order valence-corrected chi connectivity index (χ2v) is 17.0. The molecule has 0 aromatic heterocycles. The van der Waals surface area contributed by atoms with Crippen LogP contribution >= 0.6 is 14.7 Å². The summed E-state index contributed by atoms with van der Waals surface area (Å²) in [6.45, 7) is 15.2. The van der Waals surface area contributed by atoms with Crippen molar-refractivity contribution < 1.29 is 67.3 Å². The largest absolute Gasteiger partial charge is 0.481 e. The number of carboxylic acid groups (broad SMARTS) is 1. The Bertz CT molecular complexity index is 1090. The van der Waals surface area contributed by atoms with Crippen LogP contribution in [0, 0.1) is 10.8 Å². The van der Waals surface area contributed by atoms with Crippen LogP contribution in [0.15, 0.2) is 24.3 Å². The minimum atomic E-state index is -3.26. The molecule has 14 nitrogen and oxygen atoms in total. The first-order chi connectivity index (χ1) is 20.1. The summed E-state index contributed by atoms with van der Waals surface area (Å²) in [7, 11) is -6.34. The molecule has 0 bridgehead atoms. The van der Waals surface area contributed by atoms with Crippen LogP contribution in [0.4, 0.5) is 0 Å². The molecule has 44 heavy (non-hydrogen) atoms. The van der Waals surface area contributed by atoms with Crippen molar-refractivity contribution in [1.29, 1.82) is 0 Å². The van der Waals surface area contributed by atoms with Gasteiger partial charge in [0.1, 0.15) is 19.8 Å². The molecule has 4 unspecified atom stereocenters. The van der Waals surface area contributed by atoms with E-state index in [4.69, 9.17) is 23.8 Å². The lowest BCUT2D eigenvalue weighted by molar-refractivity contribution is -0.153. The normalized spacial score (nSPS) is 16.3. The maximum atomic E-state index is 12.4. The summed E-state index contributed by atoms with van der Waals surface area (Å²) < 4.78 is 44.2. The van der Waals surface area contributed by atoms with Crippen LogP contribution in [0.3, 0.4) is 0 Å². The Morgan fingerprint density at radius 3 is 1.52 bits per heavy atom. The number of carboxylic acids is 1. The van der Waals surface area contributed by atoms with Crippen LogP contribution in [0.5, 0.6) is 0 Å². The van der Waals surface area contributed by atoms with E-state index in [2.05, 4.69) is 13.2 Å². The summed E-state index contributed by atoms with van der Waals surface area (Å²) in [4.78, 5) is 54.2. The second kappa shape index (κ2) is 20.6. The highest BCUT2D eigenvalue weighted by atomic mass is 31.2. The Balaban J connectivity index is 0. The zero-order valence-electron chi connectivity index (χ0n) is 26.7. The number of rotatable bonds is 21. The van der Waals surface area contributed by atoms with Gasteiger partial charge in [0.2, 0.25) is 14.7 Å². The third-order valence-electron chi connectivity index (χ3n) is 6.10. The molecule has 0 saturated heterocycles. The lowest BCUT2D eigenvalue weighted by atomic mass is 9.94. The molecule has 0 spiro atoms. The van der Waals surface area contributed by atoms with Gasteiger partial charge in [0.05, 0.1) is 38.1 Å². The zero-order chi connectivity index (χ0) is 34.8. The molecule has 0 rings (SSSR count). The average Bonchev–Trinajstić information content (AvgIpc) is 2.98. The molecule has 0 aromatic rings. The second-order valence-electron chi connectivity index (χ2n) is 11.2. The van der Waals surface area contributed by atoms with Crippen LogP contribution < -0.4 is 0 Å². The quantitative estimate of drug-likeness (QED) is 0.0595. The van der Waals surface area contributed by atoms with Crippen molar-refractivity contribution >= 4 is 38.6 Å². The summed E-state index contributed by atoms with van der Waals surface area (Å²) in [6, 6.07) is 0. The summed E-state index contributed by atoms with van der Waals surface area (Å²) in [6.07, 6.45) is -0.312. The van der Waals surface area contributed by atoms with Crippen LogP contribution in [0.1, 0.15) is 54.4 Å². The van der Waals surface area contributed by atoms with Gasteiger partial charge in [-0.1, -0.05) is 40.9 Å². The number of carbonyl (C=O) groups excluding carboxylic acids is 3. The monoisotopic (exact) mass is 672 g/mol. The number of aliphatic carboxylic acids is 1. The van der Waals surface area contributed by atoms with Crippen molar-refractivity contribution in [3.8, 4) is 0 Å². The molecular weight excluding hydrogens is 622 g/mol. The van der Waals surface area contributed by atoms with E-state index in [0.717, 1.165) is 0 Å². The molecular formula is C28H50O14P2. The van der Waals surface area contributed by atoms with Crippen LogP contribution in [-0.4, -0.2) is 108 Å². The van der Waals surface area contributed by atoms with E-state index in [1.165, 1.54) is 13.8 Å². The fourth-order valence-corrected chi connectivity index (χ4v) is 5.15. The molecule has 0 aliphatic carbocycles.